The summed E-state index contributed by atoms with van der Waals surface area (Å²) in [5.74, 6) is 0.0970. The Morgan fingerprint density at radius 2 is 2.16 bits per heavy atom. The summed E-state index contributed by atoms with van der Waals surface area (Å²) in [5, 5.41) is 2.93. The summed E-state index contributed by atoms with van der Waals surface area (Å²) >= 11 is 0. The summed E-state index contributed by atoms with van der Waals surface area (Å²) in [6.45, 7) is 3.39. The van der Waals surface area contributed by atoms with Gasteiger partial charge in [0.15, 0.2) is 0 Å². The topological polar surface area (TPSA) is 62.3 Å². The maximum atomic E-state index is 12.7. The highest BCUT2D eigenvalue weighted by Crippen LogP contribution is 2.58. The summed E-state index contributed by atoms with van der Waals surface area (Å²) in [7, 11) is 0. The molecule has 2 atom stereocenters. The van der Waals surface area contributed by atoms with Gasteiger partial charge in [-0.3, -0.25) is 14.6 Å². The molecular weight excluding hydrogens is 314 g/mol. The number of anilines is 1. The average Bonchev–Trinajstić information content (AvgIpc) is 3.16. The zero-order chi connectivity index (χ0) is 17.4. The molecule has 2 fully saturated rings. The molecule has 0 bridgehead atoms. The van der Waals surface area contributed by atoms with Crippen molar-refractivity contribution >= 4 is 17.5 Å². The number of carbonyl (C=O) groups excluding carboxylic acids is 2. The molecule has 0 radical (unpaired) electrons. The highest BCUT2D eigenvalue weighted by molar-refractivity contribution is 5.96. The lowest BCUT2D eigenvalue weighted by molar-refractivity contribution is -0.118. The number of amides is 2. The normalized spacial score (nSPS) is 24.4. The number of hydrogen-bond acceptors (Lipinski definition) is 3. The van der Waals surface area contributed by atoms with Gasteiger partial charge in [0.1, 0.15) is 0 Å². The van der Waals surface area contributed by atoms with Crippen molar-refractivity contribution in [3.63, 3.8) is 0 Å². The number of hydrogen-bond donors (Lipinski definition) is 1. The van der Waals surface area contributed by atoms with Gasteiger partial charge in [-0.2, -0.15) is 0 Å². The van der Waals surface area contributed by atoms with Crippen LogP contribution < -0.4 is 5.32 Å². The van der Waals surface area contributed by atoms with Gasteiger partial charge in [-0.25, -0.2) is 0 Å². The Morgan fingerprint density at radius 3 is 2.92 bits per heavy atom. The van der Waals surface area contributed by atoms with Crippen LogP contribution in [-0.4, -0.2) is 34.8 Å². The lowest BCUT2D eigenvalue weighted by Gasteiger charge is -2.17. The predicted octanol–water partition coefficient (Wildman–Crippen LogP) is 2.88. The number of aryl methyl sites for hydroxylation is 1. The van der Waals surface area contributed by atoms with Crippen molar-refractivity contribution < 1.29 is 9.59 Å². The van der Waals surface area contributed by atoms with Gasteiger partial charge in [0.25, 0.3) is 5.91 Å². The largest absolute Gasteiger partial charge is 0.338 e. The molecule has 1 aliphatic carbocycles. The fourth-order valence-electron chi connectivity index (χ4n) is 3.87. The van der Waals surface area contributed by atoms with Crippen molar-refractivity contribution in [2.24, 2.45) is 11.3 Å². The van der Waals surface area contributed by atoms with Crippen molar-refractivity contribution in [2.45, 2.75) is 19.8 Å². The Balaban J connectivity index is 1.40. The average molecular weight is 335 g/mol. The van der Waals surface area contributed by atoms with Crippen LogP contribution in [0.25, 0.3) is 0 Å². The molecule has 1 aliphatic heterocycles. The van der Waals surface area contributed by atoms with E-state index in [-0.39, 0.29) is 23.1 Å². The lowest BCUT2D eigenvalue weighted by Crippen LogP contribution is -2.30. The molecule has 5 nitrogen and oxygen atoms in total. The van der Waals surface area contributed by atoms with E-state index in [0.29, 0.717) is 6.54 Å². The number of pyridine rings is 1. The first-order valence-corrected chi connectivity index (χ1v) is 8.64. The summed E-state index contributed by atoms with van der Waals surface area (Å²) in [6.07, 6.45) is 5.08. The van der Waals surface area contributed by atoms with E-state index in [1.54, 1.807) is 18.5 Å². The third-order valence-electron chi connectivity index (χ3n) is 5.37. The first-order chi connectivity index (χ1) is 12.1. The van der Waals surface area contributed by atoms with Crippen molar-refractivity contribution in [1.29, 1.82) is 0 Å². The molecule has 5 heteroatoms. The van der Waals surface area contributed by atoms with E-state index < -0.39 is 0 Å². The summed E-state index contributed by atoms with van der Waals surface area (Å²) in [5.41, 5.74) is 2.50. The Bertz CT molecular complexity index is 821. The van der Waals surface area contributed by atoms with Gasteiger partial charge in [0, 0.05) is 36.2 Å². The number of likely N-dealkylation sites (tertiary alicyclic amines) is 1. The van der Waals surface area contributed by atoms with Gasteiger partial charge >= 0.3 is 0 Å². The molecule has 1 aromatic heterocycles. The zero-order valence-corrected chi connectivity index (χ0v) is 14.2. The molecule has 25 heavy (non-hydrogen) atoms. The lowest BCUT2D eigenvalue weighted by atomic mass is 10.0. The van der Waals surface area contributed by atoms with Crippen LogP contribution in [0, 0.1) is 18.3 Å². The van der Waals surface area contributed by atoms with E-state index in [0.717, 1.165) is 36.2 Å². The molecule has 1 spiro atoms. The van der Waals surface area contributed by atoms with Crippen LogP contribution in [0.2, 0.25) is 0 Å². The highest BCUT2D eigenvalue weighted by atomic mass is 16.2. The van der Waals surface area contributed by atoms with Gasteiger partial charge in [-0.15, -0.1) is 0 Å². The highest BCUT2D eigenvalue weighted by Gasteiger charge is 2.61. The SMILES string of the molecule is Cc1cccc(C(=O)N2CC[C@@]3(C[C@H]3C(=O)Nc3cccnc3)C2)c1. The predicted molar refractivity (Wildman–Crippen MR) is 95.1 cm³/mol. The first kappa shape index (κ1) is 15.8. The van der Waals surface area contributed by atoms with Gasteiger partial charge in [0.2, 0.25) is 5.91 Å². The number of nitrogens with zero attached hydrogens (tertiary/aromatic N) is 2. The van der Waals surface area contributed by atoms with E-state index in [2.05, 4.69) is 10.3 Å². The zero-order valence-electron chi connectivity index (χ0n) is 14.2. The number of nitrogens with one attached hydrogen (secondary N) is 1. The molecule has 1 saturated carbocycles. The fraction of sp³-hybridized carbons (Fsp3) is 0.350. The van der Waals surface area contributed by atoms with Crippen LogP contribution in [0.5, 0.6) is 0 Å². The molecule has 2 heterocycles. The number of aromatic nitrogens is 1. The fourth-order valence-corrected chi connectivity index (χ4v) is 3.87. The number of carbonyl (C=O) groups is 2. The van der Waals surface area contributed by atoms with Crippen LogP contribution in [0.3, 0.4) is 0 Å². The Hall–Kier alpha value is -2.69. The minimum absolute atomic E-state index is 0.0111. The second kappa shape index (κ2) is 5.99. The molecule has 2 aliphatic rings. The maximum Gasteiger partial charge on any atom is 0.253 e. The molecule has 1 saturated heterocycles. The number of rotatable bonds is 3. The molecule has 1 N–H and O–H groups in total. The third-order valence-corrected chi connectivity index (χ3v) is 5.37. The van der Waals surface area contributed by atoms with E-state index in [9.17, 15) is 9.59 Å². The van der Waals surface area contributed by atoms with Gasteiger partial charge in [0.05, 0.1) is 11.9 Å². The second-order valence-corrected chi connectivity index (χ2v) is 7.20. The van der Waals surface area contributed by atoms with Crippen LogP contribution in [0.1, 0.15) is 28.8 Å². The molecule has 4 rings (SSSR count). The van der Waals surface area contributed by atoms with Crippen molar-refractivity contribution in [3.05, 3.63) is 59.9 Å². The maximum absolute atomic E-state index is 12.7. The van der Waals surface area contributed by atoms with Crippen molar-refractivity contribution in [1.82, 2.24) is 9.88 Å². The van der Waals surface area contributed by atoms with E-state index in [4.69, 9.17) is 0 Å². The van der Waals surface area contributed by atoms with E-state index in [1.165, 1.54) is 0 Å². The quantitative estimate of drug-likeness (QED) is 0.938. The Labute approximate surface area is 147 Å². The van der Waals surface area contributed by atoms with Crippen molar-refractivity contribution in [3.8, 4) is 0 Å². The Morgan fingerprint density at radius 1 is 1.28 bits per heavy atom. The van der Waals surface area contributed by atoms with Crippen molar-refractivity contribution in [2.75, 3.05) is 18.4 Å². The van der Waals surface area contributed by atoms with Crippen LogP contribution in [0.15, 0.2) is 48.8 Å². The molecule has 1 aromatic carbocycles. The summed E-state index contributed by atoms with van der Waals surface area (Å²) in [4.78, 5) is 31.1. The first-order valence-electron chi connectivity index (χ1n) is 8.64. The standard InChI is InChI=1S/C20H21N3O2/c1-14-4-2-5-15(10-14)19(25)23-9-7-20(13-23)11-17(20)18(24)22-16-6-3-8-21-12-16/h2-6,8,10,12,17H,7,9,11,13H2,1H3,(H,22,24)/t17-,20+/m0/s1. The second-order valence-electron chi connectivity index (χ2n) is 7.20. The minimum atomic E-state index is -0.0359. The van der Waals surface area contributed by atoms with E-state index >= 15 is 0 Å². The minimum Gasteiger partial charge on any atom is -0.338 e. The number of benzene rings is 1. The molecule has 2 aromatic rings. The molecule has 0 unspecified atom stereocenters. The van der Waals surface area contributed by atoms with Gasteiger partial charge in [-0.1, -0.05) is 17.7 Å². The van der Waals surface area contributed by atoms with Crippen LogP contribution in [0.4, 0.5) is 5.69 Å². The molecule has 128 valence electrons. The monoisotopic (exact) mass is 335 g/mol. The van der Waals surface area contributed by atoms with Gasteiger partial charge in [-0.05, 0) is 44.0 Å². The van der Waals surface area contributed by atoms with Gasteiger partial charge < -0.3 is 10.2 Å². The summed E-state index contributed by atoms with van der Waals surface area (Å²) in [6, 6.07) is 11.3. The third kappa shape index (κ3) is 3.02. The molecular formula is C20H21N3O2. The van der Waals surface area contributed by atoms with E-state index in [1.807, 2.05) is 42.2 Å². The molecule has 2 amide bonds. The van der Waals surface area contributed by atoms with Crippen LogP contribution >= 0.6 is 0 Å². The smallest absolute Gasteiger partial charge is 0.253 e. The summed E-state index contributed by atoms with van der Waals surface area (Å²) < 4.78 is 0. The Kier molecular flexibility index (Phi) is 3.79. The van der Waals surface area contributed by atoms with Crippen LogP contribution in [-0.2, 0) is 4.79 Å².